The molecule has 2 saturated heterocycles. The van der Waals surface area contributed by atoms with Crippen LogP contribution in [0.1, 0.15) is 18.4 Å². The summed E-state index contributed by atoms with van der Waals surface area (Å²) in [5.41, 5.74) is 0.276. The second-order valence-electron chi connectivity index (χ2n) is 6.79. The van der Waals surface area contributed by atoms with Crippen LogP contribution in [-0.4, -0.2) is 53.6 Å². The highest BCUT2D eigenvalue weighted by Crippen LogP contribution is 2.33. The first-order valence-corrected chi connectivity index (χ1v) is 8.14. The lowest BCUT2D eigenvalue weighted by molar-refractivity contribution is -0.0320. The van der Waals surface area contributed by atoms with Crippen LogP contribution in [-0.2, 0) is 30.1 Å². The van der Waals surface area contributed by atoms with Gasteiger partial charge < -0.3 is 14.0 Å². The van der Waals surface area contributed by atoms with Gasteiger partial charge in [0.15, 0.2) is 0 Å². The fourth-order valence-electron chi connectivity index (χ4n) is 3.56. The number of hydrogen-bond acceptors (Lipinski definition) is 5. The molecule has 1 spiro atoms. The van der Waals surface area contributed by atoms with Crippen LogP contribution < -0.4 is 11.2 Å². The minimum Gasteiger partial charge on any atom is -0.381 e. The van der Waals surface area contributed by atoms with Crippen LogP contribution in [0.25, 0.3) is 0 Å². The van der Waals surface area contributed by atoms with E-state index in [2.05, 4.69) is 4.90 Å². The summed E-state index contributed by atoms with van der Waals surface area (Å²) in [5.74, 6) is 0. The molecule has 2 fully saturated rings. The van der Waals surface area contributed by atoms with Crippen LogP contribution in [0.2, 0.25) is 0 Å². The molecule has 3 rings (SSSR count). The van der Waals surface area contributed by atoms with Crippen LogP contribution in [0.5, 0.6) is 0 Å². The molecule has 0 N–H and O–H groups in total. The SMILES string of the molecule is Cn1cc(CN2CCOCC3(CCOCC3)C2)c(=O)n(C)c1=O. The smallest absolute Gasteiger partial charge is 0.330 e. The first-order chi connectivity index (χ1) is 11.0. The largest absolute Gasteiger partial charge is 0.381 e. The molecular formula is C16H25N3O4. The molecule has 1 aromatic rings. The number of hydrogen-bond donors (Lipinski definition) is 0. The van der Waals surface area contributed by atoms with E-state index in [1.54, 1.807) is 13.2 Å². The van der Waals surface area contributed by atoms with Gasteiger partial charge in [-0.1, -0.05) is 0 Å². The molecule has 0 bridgehead atoms. The fourth-order valence-corrected chi connectivity index (χ4v) is 3.56. The van der Waals surface area contributed by atoms with Crippen molar-refractivity contribution in [1.29, 1.82) is 0 Å². The molecule has 0 amide bonds. The van der Waals surface area contributed by atoms with E-state index in [-0.39, 0.29) is 16.7 Å². The standard InChI is InChI=1S/C16H25N3O4/c1-17-9-13(14(20)18(2)15(17)21)10-19-5-8-23-12-16(11-19)3-6-22-7-4-16/h9H,3-8,10-12H2,1-2H3. The highest BCUT2D eigenvalue weighted by molar-refractivity contribution is 5.06. The molecular weight excluding hydrogens is 298 g/mol. The van der Waals surface area contributed by atoms with Crippen molar-refractivity contribution >= 4 is 0 Å². The molecule has 0 radical (unpaired) electrons. The minimum absolute atomic E-state index is 0.126. The lowest BCUT2D eigenvalue weighted by Crippen LogP contribution is -2.44. The summed E-state index contributed by atoms with van der Waals surface area (Å²) in [6, 6.07) is 0. The third kappa shape index (κ3) is 3.41. The molecule has 128 valence electrons. The molecule has 1 aromatic heterocycles. The Balaban J connectivity index is 1.81. The fraction of sp³-hybridized carbons (Fsp3) is 0.750. The third-order valence-electron chi connectivity index (χ3n) is 4.98. The highest BCUT2D eigenvalue weighted by Gasteiger charge is 2.36. The maximum Gasteiger partial charge on any atom is 0.330 e. The van der Waals surface area contributed by atoms with Crippen LogP contribution >= 0.6 is 0 Å². The van der Waals surface area contributed by atoms with Crippen molar-refractivity contribution in [1.82, 2.24) is 14.0 Å². The monoisotopic (exact) mass is 323 g/mol. The van der Waals surface area contributed by atoms with Gasteiger partial charge in [0.2, 0.25) is 0 Å². The minimum atomic E-state index is -0.293. The molecule has 0 aliphatic carbocycles. The highest BCUT2D eigenvalue weighted by atomic mass is 16.5. The van der Waals surface area contributed by atoms with Crippen molar-refractivity contribution in [3.63, 3.8) is 0 Å². The van der Waals surface area contributed by atoms with Gasteiger partial charge in [-0.3, -0.25) is 14.3 Å². The second-order valence-corrected chi connectivity index (χ2v) is 6.79. The van der Waals surface area contributed by atoms with Crippen molar-refractivity contribution < 1.29 is 9.47 Å². The van der Waals surface area contributed by atoms with Crippen molar-refractivity contribution in [2.45, 2.75) is 19.4 Å². The van der Waals surface area contributed by atoms with Crippen LogP contribution in [0.4, 0.5) is 0 Å². The summed E-state index contributed by atoms with van der Waals surface area (Å²) >= 11 is 0. The molecule has 23 heavy (non-hydrogen) atoms. The number of aryl methyl sites for hydroxylation is 1. The van der Waals surface area contributed by atoms with Crippen LogP contribution in [0, 0.1) is 5.41 Å². The van der Waals surface area contributed by atoms with Gasteiger partial charge in [0.25, 0.3) is 5.56 Å². The first-order valence-electron chi connectivity index (χ1n) is 8.14. The molecule has 7 heteroatoms. The number of ether oxygens (including phenoxy) is 2. The van der Waals surface area contributed by atoms with Gasteiger partial charge in [-0.25, -0.2) is 4.79 Å². The zero-order chi connectivity index (χ0) is 16.4. The Labute approximate surface area is 135 Å². The molecule has 2 aliphatic rings. The molecule has 0 saturated carbocycles. The molecule has 7 nitrogen and oxygen atoms in total. The van der Waals surface area contributed by atoms with Gasteiger partial charge in [-0.2, -0.15) is 0 Å². The summed E-state index contributed by atoms with van der Waals surface area (Å²) in [6.45, 7) is 5.24. The summed E-state index contributed by atoms with van der Waals surface area (Å²) < 4.78 is 13.9. The topological polar surface area (TPSA) is 65.7 Å². The predicted octanol–water partition coefficient (Wildman–Crippen LogP) is -0.287. The molecule has 2 aliphatic heterocycles. The molecule has 3 heterocycles. The normalized spacial score (nSPS) is 22.2. The van der Waals surface area contributed by atoms with Gasteiger partial charge >= 0.3 is 5.69 Å². The van der Waals surface area contributed by atoms with Gasteiger partial charge in [0.05, 0.1) is 13.2 Å². The zero-order valence-corrected chi connectivity index (χ0v) is 13.9. The van der Waals surface area contributed by atoms with Gasteiger partial charge in [-0.05, 0) is 12.8 Å². The number of aromatic nitrogens is 2. The van der Waals surface area contributed by atoms with E-state index in [1.807, 2.05) is 0 Å². The van der Waals surface area contributed by atoms with Gasteiger partial charge in [-0.15, -0.1) is 0 Å². The summed E-state index contributed by atoms with van der Waals surface area (Å²) in [7, 11) is 3.20. The Bertz CT molecular complexity index is 673. The average Bonchev–Trinajstić information content (AvgIpc) is 2.73. The number of rotatable bonds is 2. The van der Waals surface area contributed by atoms with Crippen LogP contribution in [0.3, 0.4) is 0 Å². The van der Waals surface area contributed by atoms with Crippen LogP contribution in [0.15, 0.2) is 15.8 Å². The molecule has 0 atom stereocenters. The van der Waals surface area contributed by atoms with E-state index in [0.717, 1.165) is 45.8 Å². The quantitative estimate of drug-likeness (QED) is 0.748. The first kappa shape index (κ1) is 16.4. The summed E-state index contributed by atoms with van der Waals surface area (Å²) in [6.07, 6.45) is 3.65. The summed E-state index contributed by atoms with van der Waals surface area (Å²) in [4.78, 5) is 26.4. The molecule has 0 aromatic carbocycles. The van der Waals surface area contributed by atoms with Gasteiger partial charge in [0.1, 0.15) is 0 Å². The molecule has 0 unspecified atom stereocenters. The van der Waals surface area contributed by atoms with E-state index in [1.165, 1.54) is 16.2 Å². The predicted molar refractivity (Wildman–Crippen MR) is 85.5 cm³/mol. The van der Waals surface area contributed by atoms with E-state index >= 15 is 0 Å². The Morgan fingerprint density at radius 2 is 1.87 bits per heavy atom. The summed E-state index contributed by atoms with van der Waals surface area (Å²) in [5, 5.41) is 0. The Morgan fingerprint density at radius 1 is 1.13 bits per heavy atom. The Kier molecular flexibility index (Phi) is 4.70. The van der Waals surface area contributed by atoms with E-state index in [0.29, 0.717) is 18.7 Å². The lowest BCUT2D eigenvalue weighted by Gasteiger charge is -2.38. The van der Waals surface area contributed by atoms with Gasteiger partial charge in [0, 0.05) is 64.1 Å². The Hall–Kier alpha value is -1.44. The Morgan fingerprint density at radius 3 is 2.61 bits per heavy atom. The van der Waals surface area contributed by atoms with E-state index in [4.69, 9.17) is 9.47 Å². The van der Waals surface area contributed by atoms with Crippen molar-refractivity contribution in [2.75, 3.05) is 39.5 Å². The van der Waals surface area contributed by atoms with Crippen molar-refractivity contribution in [3.8, 4) is 0 Å². The third-order valence-corrected chi connectivity index (χ3v) is 4.98. The maximum absolute atomic E-state index is 12.3. The maximum atomic E-state index is 12.3. The second kappa shape index (κ2) is 6.59. The lowest BCUT2D eigenvalue weighted by atomic mass is 9.80. The van der Waals surface area contributed by atoms with Crippen molar-refractivity contribution in [3.05, 3.63) is 32.6 Å². The van der Waals surface area contributed by atoms with E-state index in [9.17, 15) is 9.59 Å². The van der Waals surface area contributed by atoms with Crippen molar-refractivity contribution in [2.24, 2.45) is 19.5 Å². The number of nitrogens with zero attached hydrogens (tertiary/aromatic N) is 3. The zero-order valence-electron chi connectivity index (χ0n) is 13.9. The van der Waals surface area contributed by atoms with E-state index < -0.39 is 0 Å². The average molecular weight is 323 g/mol.